The van der Waals surface area contributed by atoms with Crippen LogP contribution in [0.5, 0.6) is 0 Å². The zero-order valence-electron chi connectivity index (χ0n) is 8.51. The summed E-state index contributed by atoms with van der Waals surface area (Å²) in [5.74, 6) is -0.697. The molecule has 0 saturated carbocycles. The van der Waals surface area contributed by atoms with E-state index in [1.165, 1.54) is 19.8 Å². The zero-order valence-corrected chi connectivity index (χ0v) is 8.51. The van der Waals surface area contributed by atoms with Crippen LogP contribution in [-0.2, 0) is 0 Å². The molecule has 0 bridgehead atoms. The fourth-order valence-corrected chi connectivity index (χ4v) is 1.19. The van der Waals surface area contributed by atoms with Crippen molar-refractivity contribution in [2.45, 2.75) is 58.7 Å². The van der Waals surface area contributed by atoms with Crippen LogP contribution in [0.3, 0.4) is 0 Å². The number of rotatable bonds is 6. The van der Waals surface area contributed by atoms with E-state index in [1.54, 1.807) is 0 Å². The molecule has 12 heavy (non-hydrogen) atoms. The van der Waals surface area contributed by atoms with Crippen molar-refractivity contribution < 1.29 is 10.2 Å². The summed E-state index contributed by atoms with van der Waals surface area (Å²) < 4.78 is 0. The third kappa shape index (κ3) is 9.92. The van der Waals surface area contributed by atoms with Gasteiger partial charge in [0.1, 0.15) is 0 Å². The first-order valence-electron chi connectivity index (χ1n) is 4.86. The topological polar surface area (TPSA) is 40.5 Å². The molecule has 0 saturated heterocycles. The fraction of sp³-hybridized carbons (Fsp3) is 1.00. The molecular formula is C10H22O2. The lowest BCUT2D eigenvalue weighted by molar-refractivity contribution is -0.150. The van der Waals surface area contributed by atoms with Gasteiger partial charge in [0, 0.05) is 6.42 Å². The molecule has 0 aromatic rings. The van der Waals surface area contributed by atoms with Crippen LogP contribution in [0.25, 0.3) is 0 Å². The second-order valence-corrected chi connectivity index (χ2v) is 4.21. The summed E-state index contributed by atoms with van der Waals surface area (Å²) in [4.78, 5) is 0. The Morgan fingerprint density at radius 1 is 1.08 bits per heavy atom. The highest BCUT2D eigenvalue weighted by molar-refractivity contribution is 4.56. The molecule has 2 nitrogen and oxygen atoms in total. The minimum absolute atomic E-state index is 0.491. The van der Waals surface area contributed by atoms with Gasteiger partial charge in [-0.2, -0.15) is 0 Å². The molecule has 0 atom stereocenters. The largest absolute Gasteiger partial charge is 0.366 e. The summed E-state index contributed by atoms with van der Waals surface area (Å²) >= 11 is 0. The van der Waals surface area contributed by atoms with Crippen LogP contribution in [0.1, 0.15) is 52.9 Å². The Bertz CT molecular complexity index is 103. The summed E-state index contributed by atoms with van der Waals surface area (Å²) in [5, 5.41) is 18.0. The maximum atomic E-state index is 8.98. The van der Waals surface area contributed by atoms with Gasteiger partial charge in [-0.15, -0.1) is 0 Å². The smallest absolute Gasteiger partial charge is 0.159 e. The third-order valence-electron chi connectivity index (χ3n) is 1.93. The van der Waals surface area contributed by atoms with E-state index in [-0.39, 0.29) is 0 Å². The number of hydrogen-bond acceptors (Lipinski definition) is 2. The van der Waals surface area contributed by atoms with E-state index in [0.717, 1.165) is 18.8 Å². The number of unbranched alkanes of at least 4 members (excludes halogenated alkanes) is 2. The van der Waals surface area contributed by atoms with Gasteiger partial charge in [-0.1, -0.05) is 33.1 Å². The van der Waals surface area contributed by atoms with Crippen molar-refractivity contribution in [1.29, 1.82) is 0 Å². The first kappa shape index (κ1) is 11.9. The van der Waals surface area contributed by atoms with Crippen molar-refractivity contribution in [3.8, 4) is 0 Å². The predicted molar refractivity (Wildman–Crippen MR) is 50.8 cm³/mol. The summed E-state index contributed by atoms with van der Waals surface area (Å²) in [7, 11) is 0. The van der Waals surface area contributed by atoms with E-state index in [2.05, 4.69) is 13.8 Å². The quantitative estimate of drug-likeness (QED) is 0.479. The molecule has 0 unspecified atom stereocenters. The second-order valence-electron chi connectivity index (χ2n) is 4.21. The molecule has 2 heteroatoms. The van der Waals surface area contributed by atoms with Crippen molar-refractivity contribution >= 4 is 0 Å². The lowest BCUT2D eigenvalue weighted by Gasteiger charge is -2.15. The van der Waals surface area contributed by atoms with Crippen LogP contribution in [0.15, 0.2) is 0 Å². The van der Waals surface area contributed by atoms with Gasteiger partial charge in [-0.05, 0) is 19.3 Å². The van der Waals surface area contributed by atoms with Crippen molar-refractivity contribution in [2.75, 3.05) is 0 Å². The Morgan fingerprint density at radius 2 is 1.67 bits per heavy atom. The molecule has 0 fully saturated rings. The van der Waals surface area contributed by atoms with Crippen LogP contribution in [0.2, 0.25) is 0 Å². The Labute approximate surface area is 75.6 Å². The number of hydrogen-bond donors (Lipinski definition) is 2. The molecule has 0 aromatic carbocycles. The molecule has 0 aliphatic carbocycles. The normalized spacial score (nSPS) is 12.5. The molecule has 0 spiro atoms. The van der Waals surface area contributed by atoms with Crippen LogP contribution < -0.4 is 0 Å². The first-order valence-corrected chi connectivity index (χ1v) is 4.86. The van der Waals surface area contributed by atoms with Gasteiger partial charge < -0.3 is 10.2 Å². The Hall–Kier alpha value is -0.0800. The maximum absolute atomic E-state index is 8.98. The molecule has 0 aliphatic rings. The second kappa shape index (κ2) is 5.55. The van der Waals surface area contributed by atoms with E-state index in [0.29, 0.717) is 6.42 Å². The van der Waals surface area contributed by atoms with Crippen LogP contribution in [0.4, 0.5) is 0 Å². The molecule has 0 rings (SSSR count). The summed E-state index contributed by atoms with van der Waals surface area (Å²) in [6, 6.07) is 0. The van der Waals surface area contributed by atoms with E-state index in [4.69, 9.17) is 10.2 Å². The highest BCUT2D eigenvalue weighted by Crippen LogP contribution is 2.13. The highest BCUT2D eigenvalue weighted by Gasteiger charge is 2.13. The van der Waals surface area contributed by atoms with Gasteiger partial charge in [0.05, 0.1) is 0 Å². The number of aliphatic hydroxyl groups is 2. The lowest BCUT2D eigenvalue weighted by Crippen LogP contribution is -2.22. The fourth-order valence-electron chi connectivity index (χ4n) is 1.19. The predicted octanol–water partition coefficient (Wildman–Crippen LogP) is 2.29. The Morgan fingerprint density at radius 3 is 2.08 bits per heavy atom. The SMILES string of the molecule is CC(C)CCCCCC(C)(O)O. The summed E-state index contributed by atoms with van der Waals surface area (Å²) in [6.07, 6.45) is 4.96. The minimum atomic E-state index is -1.46. The zero-order chi connectivity index (χ0) is 9.61. The third-order valence-corrected chi connectivity index (χ3v) is 1.93. The van der Waals surface area contributed by atoms with E-state index >= 15 is 0 Å². The van der Waals surface area contributed by atoms with E-state index in [1.807, 2.05) is 0 Å². The average Bonchev–Trinajstić information content (AvgIpc) is 1.83. The maximum Gasteiger partial charge on any atom is 0.159 e. The van der Waals surface area contributed by atoms with E-state index in [9.17, 15) is 0 Å². The van der Waals surface area contributed by atoms with Gasteiger partial charge in [0.25, 0.3) is 0 Å². The van der Waals surface area contributed by atoms with Crippen molar-refractivity contribution in [2.24, 2.45) is 5.92 Å². The van der Waals surface area contributed by atoms with Crippen LogP contribution in [0, 0.1) is 5.92 Å². The van der Waals surface area contributed by atoms with Crippen LogP contribution >= 0.6 is 0 Å². The molecule has 2 N–H and O–H groups in total. The van der Waals surface area contributed by atoms with Crippen molar-refractivity contribution in [3.63, 3.8) is 0 Å². The Kier molecular flexibility index (Phi) is 5.51. The molecule has 74 valence electrons. The summed E-state index contributed by atoms with van der Waals surface area (Å²) in [5.41, 5.74) is 0. The first-order chi connectivity index (χ1) is 5.42. The molecule has 0 aliphatic heterocycles. The van der Waals surface area contributed by atoms with Crippen LogP contribution in [-0.4, -0.2) is 16.0 Å². The monoisotopic (exact) mass is 174 g/mol. The lowest BCUT2D eigenvalue weighted by atomic mass is 10.0. The average molecular weight is 174 g/mol. The molecule has 0 amide bonds. The molecular weight excluding hydrogens is 152 g/mol. The van der Waals surface area contributed by atoms with E-state index < -0.39 is 5.79 Å². The van der Waals surface area contributed by atoms with Gasteiger partial charge in [-0.3, -0.25) is 0 Å². The van der Waals surface area contributed by atoms with Gasteiger partial charge in [-0.25, -0.2) is 0 Å². The molecule has 0 heterocycles. The van der Waals surface area contributed by atoms with Crippen molar-refractivity contribution in [1.82, 2.24) is 0 Å². The van der Waals surface area contributed by atoms with Gasteiger partial charge >= 0.3 is 0 Å². The van der Waals surface area contributed by atoms with Gasteiger partial charge in [0.15, 0.2) is 5.79 Å². The van der Waals surface area contributed by atoms with Gasteiger partial charge in [0.2, 0.25) is 0 Å². The Balaban J connectivity index is 3.12. The minimum Gasteiger partial charge on any atom is -0.366 e. The van der Waals surface area contributed by atoms with Crippen molar-refractivity contribution in [3.05, 3.63) is 0 Å². The molecule has 0 radical (unpaired) electrons. The standard InChI is InChI=1S/C10H22O2/c1-9(2)7-5-4-6-8-10(3,11)12/h9,11-12H,4-8H2,1-3H3. The molecule has 0 aromatic heterocycles. The summed E-state index contributed by atoms with van der Waals surface area (Å²) in [6.45, 7) is 5.86. The highest BCUT2D eigenvalue weighted by atomic mass is 16.5.